The maximum atomic E-state index is 14.9. The summed E-state index contributed by atoms with van der Waals surface area (Å²) in [6.45, 7) is 2.49. The number of methoxy groups -OCH3 is 1. The first-order chi connectivity index (χ1) is 14.3. The molecule has 0 radical (unpaired) electrons. The summed E-state index contributed by atoms with van der Waals surface area (Å²) in [7, 11) is 1.36. The van der Waals surface area contributed by atoms with Crippen LogP contribution in [0.15, 0.2) is 35.5 Å². The fraction of sp³-hybridized carbons (Fsp3) is 0.350. The zero-order valence-corrected chi connectivity index (χ0v) is 16.4. The minimum Gasteiger partial charge on any atom is -0.495 e. The molecule has 0 unspecified atom stereocenters. The second-order valence-electron chi connectivity index (χ2n) is 7.51. The van der Waals surface area contributed by atoms with Crippen LogP contribution in [0.5, 0.6) is 5.75 Å². The number of amidine groups is 1. The lowest BCUT2D eigenvalue weighted by molar-refractivity contribution is 0.0665. The first-order valence-corrected chi connectivity index (χ1v) is 9.15. The Kier molecular flexibility index (Phi) is 4.81. The summed E-state index contributed by atoms with van der Waals surface area (Å²) >= 11 is 0. The third-order valence-corrected chi connectivity index (χ3v) is 5.51. The van der Waals surface area contributed by atoms with E-state index in [2.05, 4.69) is 15.3 Å². The van der Waals surface area contributed by atoms with E-state index in [1.54, 1.807) is 0 Å². The topological polar surface area (TPSA) is 108 Å². The van der Waals surface area contributed by atoms with Gasteiger partial charge in [0.15, 0.2) is 11.5 Å². The molecule has 1 amide bonds. The van der Waals surface area contributed by atoms with Gasteiger partial charge in [0, 0.05) is 17.3 Å². The Labute approximate surface area is 171 Å². The van der Waals surface area contributed by atoms with E-state index in [0.29, 0.717) is 6.61 Å². The molecule has 0 bridgehead atoms. The first kappa shape index (κ1) is 20.0. The van der Waals surface area contributed by atoms with E-state index >= 15 is 0 Å². The molecule has 10 heteroatoms. The molecule has 8 nitrogen and oxygen atoms in total. The molecule has 2 aromatic rings. The maximum absolute atomic E-state index is 14.9. The predicted octanol–water partition coefficient (Wildman–Crippen LogP) is 2.20. The number of fused-ring (bicyclic) bond motifs is 1. The van der Waals surface area contributed by atoms with Gasteiger partial charge in [-0.15, -0.1) is 0 Å². The van der Waals surface area contributed by atoms with Crippen LogP contribution in [0, 0.1) is 17.0 Å². The van der Waals surface area contributed by atoms with Gasteiger partial charge in [-0.05, 0) is 18.2 Å². The SMILES string of the molecule is COc1cnc(C(=O)Nc2ccc(F)c([C@]34COC[C@@]3(C)COC(N)=N4)c2)c(F)c1. The minimum absolute atomic E-state index is 0.0590. The Morgan fingerprint density at radius 3 is 2.77 bits per heavy atom. The van der Waals surface area contributed by atoms with Crippen molar-refractivity contribution in [3.05, 3.63) is 53.4 Å². The van der Waals surface area contributed by atoms with Gasteiger partial charge in [-0.2, -0.15) is 0 Å². The summed E-state index contributed by atoms with van der Waals surface area (Å²) in [6.07, 6.45) is 1.23. The van der Waals surface area contributed by atoms with Crippen molar-refractivity contribution in [1.82, 2.24) is 4.98 Å². The smallest absolute Gasteiger partial charge is 0.282 e. The van der Waals surface area contributed by atoms with E-state index in [1.165, 1.54) is 31.5 Å². The highest BCUT2D eigenvalue weighted by molar-refractivity contribution is 6.03. The van der Waals surface area contributed by atoms with Gasteiger partial charge >= 0.3 is 0 Å². The highest BCUT2D eigenvalue weighted by Crippen LogP contribution is 2.51. The van der Waals surface area contributed by atoms with E-state index in [0.717, 1.165) is 6.07 Å². The minimum atomic E-state index is -1.11. The monoisotopic (exact) mass is 418 g/mol. The summed E-state index contributed by atoms with van der Waals surface area (Å²) in [5, 5.41) is 2.54. The number of rotatable bonds is 4. The summed E-state index contributed by atoms with van der Waals surface area (Å²) in [5.74, 6) is -1.98. The number of anilines is 1. The highest BCUT2D eigenvalue weighted by Gasteiger charge is 2.58. The van der Waals surface area contributed by atoms with Crippen LogP contribution in [-0.2, 0) is 15.0 Å². The van der Waals surface area contributed by atoms with Crippen molar-refractivity contribution in [1.29, 1.82) is 0 Å². The molecular weight excluding hydrogens is 398 g/mol. The van der Waals surface area contributed by atoms with E-state index in [-0.39, 0.29) is 36.2 Å². The van der Waals surface area contributed by atoms with Gasteiger partial charge in [0.05, 0.1) is 31.9 Å². The maximum Gasteiger partial charge on any atom is 0.282 e. The molecule has 1 saturated heterocycles. The molecule has 4 rings (SSSR count). The number of carbonyl (C=O) groups excluding carboxylic acids is 1. The molecule has 2 aliphatic heterocycles. The van der Waals surface area contributed by atoms with Gasteiger partial charge < -0.3 is 25.3 Å². The van der Waals surface area contributed by atoms with Gasteiger partial charge in [0.25, 0.3) is 11.9 Å². The number of pyridine rings is 1. The van der Waals surface area contributed by atoms with Gasteiger partial charge in [-0.25, -0.2) is 18.8 Å². The number of nitrogens with one attached hydrogen (secondary N) is 1. The van der Waals surface area contributed by atoms with Gasteiger partial charge in [0.2, 0.25) is 0 Å². The summed E-state index contributed by atoms with van der Waals surface area (Å²) < 4.78 is 44.9. The molecule has 0 aliphatic carbocycles. The van der Waals surface area contributed by atoms with Crippen LogP contribution in [0.25, 0.3) is 0 Å². The van der Waals surface area contributed by atoms with Crippen molar-refractivity contribution in [3.63, 3.8) is 0 Å². The van der Waals surface area contributed by atoms with Crippen LogP contribution in [0.2, 0.25) is 0 Å². The largest absolute Gasteiger partial charge is 0.495 e. The molecule has 2 atom stereocenters. The average molecular weight is 418 g/mol. The molecule has 1 fully saturated rings. The summed E-state index contributed by atoms with van der Waals surface area (Å²) in [4.78, 5) is 20.7. The van der Waals surface area contributed by atoms with Crippen LogP contribution in [0.4, 0.5) is 14.5 Å². The molecule has 158 valence electrons. The Balaban J connectivity index is 1.69. The number of aliphatic imine (C=N–C) groups is 1. The van der Waals surface area contributed by atoms with Crippen LogP contribution in [0.3, 0.4) is 0 Å². The number of amides is 1. The van der Waals surface area contributed by atoms with E-state index in [4.69, 9.17) is 19.9 Å². The van der Waals surface area contributed by atoms with Gasteiger partial charge in [-0.3, -0.25) is 4.79 Å². The Morgan fingerprint density at radius 2 is 2.03 bits per heavy atom. The van der Waals surface area contributed by atoms with E-state index < -0.39 is 34.2 Å². The van der Waals surface area contributed by atoms with E-state index in [9.17, 15) is 13.6 Å². The molecule has 0 saturated carbocycles. The van der Waals surface area contributed by atoms with Crippen LogP contribution in [-0.4, -0.2) is 43.8 Å². The highest BCUT2D eigenvalue weighted by atomic mass is 19.1. The second-order valence-corrected chi connectivity index (χ2v) is 7.51. The molecule has 3 heterocycles. The Bertz CT molecular complexity index is 1050. The van der Waals surface area contributed by atoms with Crippen LogP contribution >= 0.6 is 0 Å². The number of ether oxygens (including phenoxy) is 3. The van der Waals surface area contributed by atoms with Crippen molar-refractivity contribution < 1.29 is 27.8 Å². The third-order valence-electron chi connectivity index (χ3n) is 5.51. The number of halogens is 2. The molecule has 1 aromatic carbocycles. The molecule has 2 aliphatic rings. The first-order valence-electron chi connectivity index (χ1n) is 9.15. The van der Waals surface area contributed by atoms with Crippen molar-refractivity contribution in [2.24, 2.45) is 16.1 Å². The summed E-state index contributed by atoms with van der Waals surface area (Å²) in [5.41, 5.74) is 4.06. The van der Waals surface area contributed by atoms with Crippen molar-refractivity contribution in [2.45, 2.75) is 12.5 Å². The van der Waals surface area contributed by atoms with Crippen LogP contribution in [0.1, 0.15) is 23.0 Å². The lowest BCUT2D eigenvalue weighted by Crippen LogP contribution is -2.50. The molecule has 30 heavy (non-hydrogen) atoms. The molecular formula is C20H20F2N4O4. The number of nitrogens with two attached hydrogens (primary N) is 1. The van der Waals surface area contributed by atoms with Crippen molar-refractivity contribution in [2.75, 3.05) is 32.2 Å². The van der Waals surface area contributed by atoms with Crippen molar-refractivity contribution >= 4 is 17.6 Å². The lowest BCUT2D eigenvalue weighted by Gasteiger charge is -2.42. The normalized spacial score (nSPS) is 25.1. The quantitative estimate of drug-likeness (QED) is 0.788. The number of aromatic nitrogens is 1. The van der Waals surface area contributed by atoms with Gasteiger partial charge in [0.1, 0.15) is 23.7 Å². The number of benzene rings is 1. The number of hydrogen-bond acceptors (Lipinski definition) is 7. The number of hydrogen-bond donors (Lipinski definition) is 2. The molecule has 1 aromatic heterocycles. The Hall–Kier alpha value is -3.27. The standard InChI is InChI=1S/C20H20F2N4O4/c1-19-8-29-10-20(19,26-18(23)30-9-19)13-5-11(3-4-14(13)21)25-17(27)16-15(22)6-12(28-2)7-24-16/h3-7H,8-10H2,1-2H3,(H2,23,26)(H,25,27)/t19-,20+/m0/s1. The van der Waals surface area contributed by atoms with Gasteiger partial charge in [-0.1, -0.05) is 6.92 Å². The molecule has 0 spiro atoms. The summed E-state index contributed by atoms with van der Waals surface area (Å²) in [6, 6.07) is 5.02. The second kappa shape index (κ2) is 7.21. The zero-order valence-electron chi connectivity index (χ0n) is 16.4. The number of carbonyl (C=O) groups is 1. The number of nitrogens with zero attached hydrogens (tertiary/aromatic N) is 2. The Morgan fingerprint density at radius 1 is 1.23 bits per heavy atom. The fourth-order valence-electron chi connectivity index (χ4n) is 3.77. The zero-order chi connectivity index (χ0) is 21.5. The third kappa shape index (κ3) is 3.13. The fourth-order valence-corrected chi connectivity index (χ4v) is 3.77. The lowest BCUT2D eigenvalue weighted by atomic mass is 9.69. The average Bonchev–Trinajstić information content (AvgIpc) is 3.06. The molecule has 3 N–H and O–H groups in total. The van der Waals surface area contributed by atoms with Crippen LogP contribution < -0.4 is 15.8 Å². The van der Waals surface area contributed by atoms with E-state index in [1.807, 2.05) is 6.92 Å². The van der Waals surface area contributed by atoms with Crippen molar-refractivity contribution in [3.8, 4) is 5.75 Å². The predicted molar refractivity (Wildman–Crippen MR) is 103 cm³/mol.